The van der Waals surface area contributed by atoms with Gasteiger partial charge in [-0.05, 0) is 24.3 Å². The summed E-state index contributed by atoms with van der Waals surface area (Å²) in [5.41, 5.74) is 2.68. The molecule has 0 aromatic carbocycles. The van der Waals surface area contributed by atoms with Crippen LogP contribution in [0, 0.1) is 0 Å². The topological polar surface area (TPSA) is 4.93 Å². The predicted molar refractivity (Wildman–Crippen MR) is 41.5 cm³/mol. The van der Waals surface area contributed by atoms with E-state index in [0.29, 0.717) is 6.04 Å². The van der Waals surface area contributed by atoms with Gasteiger partial charge in [0.05, 0.1) is 6.04 Å². The Labute approximate surface area is 59.3 Å². The molecular weight excluding hydrogens is 122 g/mol. The summed E-state index contributed by atoms with van der Waals surface area (Å²) in [4.78, 5) is 0. The second-order valence-corrected chi connectivity index (χ2v) is 2.76. The van der Waals surface area contributed by atoms with E-state index in [9.17, 15) is 0 Å². The molecule has 0 saturated carbocycles. The molecule has 1 aromatic heterocycles. The van der Waals surface area contributed by atoms with Crippen molar-refractivity contribution in [2.45, 2.75) is 6.04 Å². The number of hydrogen-bond acceptors (Lipinski definition) is 0. The second kappa shape index (κ2) is 1.26. The maximum Gasteiger partial charge on any atom is 0.0713 e. The third-order valence-corrected chi connectivity index (χ3v) is 2.21. The van der Waals surface area contributed by atoms with Crippen LogP contribution >= 0.6 is 0 Å². The highest BCUT2D eigenvalue weighted by atomic mass is 15.0. The van der Waals surface area contributed by atoms with Gasteiger partial charge in [0.15, 0.2) is 0 Å². The summed E-state index contributed by atoms with van der Waals surface area (Å²) in [6.07, 6.45) is 8.81. The van der Waals surface area contributed by atoms with Gasteiger partial charge in [0.2, 0.25) is 0 Å². The molecular formula is C9H7N. The first-order valence-electron chi connectivity index (χ1n) is 3.53. The molecule has 2 aliphatic heterocycles. The molecule has 10 heavy (non-hydrogen) atoms. The van der Waals surface area contributed by atoms with Crippen LogP contribution in [0.15, 0.2) is 24.3 Å². The summed E-state index contributed by atoms with van der Waals surface area (Å²) in [5.74, 6) is 0. The maximum atomic E-state index is 2.33. The summed E-state index contributed by atoms with van der Waals surface area (Å²) < 4.78 is 2.33. The molecule has 1 heteroatoms. The number of aromatic nitrogens is 1. The molecule has 3 rings (SSSR count). The summed E-state index contributed by atoms with van der Waals surface area (Å²) in [6.45, 7) is 0. The second-order valence-electron chi connectivity index (χ2n) is 2.76. The molecule has 0 bridgehead atoms. The van der Waals surface area contributed by atoms with Crippen LogP contribution in [0.3, 0.4) is 0 Å². The highest BCUT2D eigenvalue weighted by molar-refractivity contribution is 5.64. The van der Waals surface area contributed by atoms with Gasteiger partial charge in [0, 0.05) is 11.4 Å². The smallest absolute Gasteiger partial charge is 0.0713 e. The average Bonchev–Trinajstić information content (AvgIpc) is 2.56. The van der Waals surface area contributed by atoms with Gasteiger partial charge in [-0.15, -0.1) is 0 Å². The lowest BCUT2D eigenvalue weighted by atomic mass is 10.3. The molecule has 1 aromatic rings. The van der Waals surface area contributed by atoms with E-state index >= 15 is 0 Å². The Morgan fingerprint density at radius 1 is 1.00 bits per heavy atom. The third-order valence-electron chi connectivity index (χ3n) is 2.21. The lowest BCUT2D eigenvalue weighted by molar-refractivity contribution is 0.762. The lowest BCUT2D eigenvalue weighted by Crippen LogP contribution is -1.96. The standard InChI is InChI=1S/C9H7N/c1-2-8-5-6-9-4-3-7(1)10(8)9/h1-7H. The Morgan fingerprint density at radius 2 is 1.60 bits per heavy atom. The van der Waals surface area contributed by atoms with Gasteiger partial charge < -0.3 is 4.57 Å². The van der Waals surface area contributed by atoms with Crippen molar-refractivity contribution in [2.24, 2.45) is 0 Å². The molecule has 0 aliphatic carbocycles. The van der Waals surface area contributed by atoms with Gasteiger partial charge in [-0.2, -0.15) is 0 Å². The van der Waals surface area contributed by atoms with Crippen molar-refractivity contribution in [3.8, 4) is 0 Å². The first-order chi connectivity index (χ1) is 4.95. The number of nitrogens with zero attached hydrogens (tertiary/aromatic N) is 1. The number of allylic oxidation sites excluding steroid dienone is 2. The van der Waals surface area contributed by atoms with Crippen LogP contribution in [0.2, 0.25) is 0 Å². The summed E-state index contributed by atoms with van der Waals surface area (Å²) >= 11 is 0. The van der Waals surface area contributed by atoms with Gasteiger partial charge in [-0.1, -0.05) is 12.2 Å². The van der Waals surface area contributed by atoms with Crippen LogP contribution in [0.5, 0.6) is 0 Å². The Morgan fingerprint density at radius 3 is 2.20 bits per heavy atom. The van der Waals surface area contributed by atoms with E-state index in [2.05, 4.69) is 41.0 Å². The number of hydrogen-bond donors (Lipinski definition) is 0. The van der Waals surface area contributed by atoms with Crippen molar-refractivity contribution < 1.29 is 0 Å². The van der Waals surface area contributed by atoms with Gasteiger partial charge >= 0.3 is 0 Å². The normalized spacial score (nSPS) is 18.8. The number of rotatable bonds is 0. The van der Waals surface area contributed by atoms with E-state index in [1.54, 1.807) is 0 Å². The fourth-order valence-electron chi connectivity index (χ4n) is 1.73. The first kappa shape index (κ1) is 4.56. The van der Waals surface area contributed by atoms with Crippen LogP contribution in [0.4, 0.5) is 0 Å². The highest BCUT2D eigenvalue weighted by Gasteiger charge is 2.19. The van der Waals surface area contributed by atoms with Gasteiger partial charge in [0.1, 0.15) is 0 Å². The Balaban J connectivity index is 2.47. The van der Waals surface area contributed by atoms with Crippen LogP contribution in [0.1, 0.15) is 17.4 Å². The Kier molecular flexibility index (Phi) is 0.575. The van der Waals surface area contributed by atoms with Crippen LogP contribution in [0.25, 0.3) is 12.2 Å². The molecule has 0 fully saturated rings. The molecule has 0 amide bonds. The molecule has 0 saturated heterocycles. The first-order valence-corrected chi connectivity index (χ1v) is 3.53. The van der Waals surface area contributed by atoms with E-state index < -0.39 is 0 Å². The zero-order valence-electron chi connectivity index (χ0n) is 5.49. The van der Waals surface area contributed by atoms with E-state index in [-0.39, 0.29) is 0 Å². The van der Waals surface area contributed by atoms with Crippen molar-refractivity contribution in [1.82, 2.24) is 4.57 Å². The van der Waals surface area contributed by atoms with Crippen LogP contribution < -0.4 is 0 Å². The van der Waals surface area contributed by atoms with Crippen LogP contribution in [-0.2, 0) is 0 Å². The zero-order valence-corrected chi connectivity index (χ0v) is 5.49. The largest absolute Gasteiger partial charge is 0.331 e. The Hall–Kier alpha value is -1.24. The van der Waals surface area contributed by atoms with Crippen molar-refractivity contribution in [2.75, 3.05) is 0 Å². The zero-order chi connectivity index (χ0) is 6.55. The van der Waals surface area contributed by atoms with E-state index in [1.807, 2.05) is 0 Å². The molecule has 3 heterocycles. The predicted octanol–water partition coefficient (Wildman–Crippen LogP) is 2.08. The van der Waals surface area contributed by atoms with E-state index in [0.717, 1.165) is 0 Å². The van der Waals surface area contributed by atoms with Crippen molar-refractivity contribution in [3.63, 3.8) is 0 Å². The maximum absolute atomic E-state index is 2.33. The SMILES string of the molecule is C1=CC2C=Cc3ccc1n32. The minimum absolute atomic E-state index is 0.528. The van der Waals surface area contributed by atoms with E-state index in [4.69, 9.17) is 0 Å². The summed E-state index contributed by atoms with van der Waals surface area (Å²) in [7, 11) is 0. The fraction of sp³-hybridized carbons (Fsp3) is 0.111. The monoisotopic (exact) mass is 129 g/mol. The average molecular weight is 129 g/mol. The molecule has 0 atom stereocenters. The Bertz CT molecular complexity index is 310. The molecule has 0 unspecified atom stereocenters. The minimum atomic E-state index is 0.528. The van der Waals surface area contributed by atoms with E-state index in [1.165, 1.54) is 11.4 Å². The third kappa shape index (κ3) is 0.338. The van der Waals surface area contributed by atoms with Gasteiger partial charge in [-0.3, -0.25) is 0 Å². The lowest BCUT2D eigenvalue weighted by Gasteiger charge is -2.02. The summed E-state index contributed by atoms with van der Waals surface area (Å²) in [6, 6.07) is 4.85. The molecule has 2 aliphatic rings. The molecule has 0 spiro atoms. The molecule has 48 valence electrons. The quantitative estimate of drug-likeness (QED) is 0.505. The minimum Gasteiger partial charge on any atom is -0.331 e. The van der Waals surface area contributed by atoms with Crippen molar-refractivity contribution >= 4 is 12.2 Å². The molecule has 0 radical (unpaired) electrons. The highest BCUT2D eigenvalue weighted by Crippen LogP contribution is 2.32. The van der Waals surface area contributed by atoms with Gasteiger partial charge in [0.25, 0.3) is 0 Å². The van der Waals surface area contributed by atoms with Gasteiger partial charge in [-0.25, -0.2) is 0 Å². The van der Waals surface area contributed by atoms with Crippen molar-refractivity contribution in [3.05, 3.63) is 35.7 Å². The van der Waals surface area contributed by atoms with Crippen LogP contribution in [-0.4, -0.2) is 4.57 Å². The molecule has 1 nitrogen and oxygen atoms in total. The summed E-state index contributed by atoms with van der Waals surface area (Å²) in [5, 5.41) is 0. The fourth-order valence-corrected chi connectivity index (χ4v) is 1.73. The molecule has 0 N–H and O–H groups in total. The van der Waals surface area contributed by atoms with Crippen molar-refractivity contribution in [1.29, 1.82) is 0 Å².